The van der Waals surface area contributed by atoms with E-state index in [0.717, 1.165) is 18.2 Å². The molecule has 0 aliphatic heterocycles. The fraction of sp³-hybridized carbons (Fsp3) is 0.364. The maximum Gasteiger partial charge on any atom is 0.127 e. The van der Waals surface area contributed by atoms with Crippen LogP contribution in [-0.2, 0) is 6.54 Å². The van der Waals surface area contributed by atoms with Gasteiger partial charge in [-0.3, -0.25) is 0 Å². The SMILES string of the molecule is CC(CC#N)NCc1cc(F)ccc1F. The molecule has 0 saturated heterocycles. The van der Waals surface area contributed by atoms with Gasteiger partial charge >= 0.3 is 0 Å². The largest absolute Gasteiger partial charge is 0.309 e. The quantitative estimate of drug-likeness (QED) is 0.828. The third-order valence-corrected chi connectivity index (χ3v) is 2.05. The minimum atomic E-state index is -0.457. The molecule has 0 heterocycles. The molecular weight excluding hydrogens is 198 g/mol. The van der Waals surface area contributed by atoms with E-state index >= 15 is 0 Å². The normalized spacial score (nSPS) is 12.1. The summed E-state index contributed by atoms with van der Waals surface area (Å²) in [5.74, 6) is -0.894. The highest BCUT2D eigenvalue weighted by atomic mass is 19.1. The third-order valence-electron chi connectivity index (χ3n) is 2.05. The summed E-state index contributed by atoms with van der Waals surface area (Å²) >= 11 is 0. The molecule has 1 atom stereocenters. The topological polar surface area (TPSA) is 35.8 Å². The summed E-state index contributed by atoms with van der Waals surface area (Å²) < 4.78 is 25.9. The van der Waals surface area contributed by atoms with Gasteiger partial charge in [0.15, 0.2) is 0 Å². The van der Waals surface area contributed by atoms with Gasteiger partial charge in [-0.25, -0.2) is 8.78 Å². The molecule has 0 amide bonds. The number of benzene rings is 1. The lowest BCUT2D eigenvalue weighted by Gasteiger charge is -2.10. The van der Waals surface area contributed by atoms with Crippen LogP contribution in [0.2, 0.25) is 0 Å². The second-order valence-electron chi connectivity index (χ2n) is 3.38. The van der Waals surface area contributed by atoms with Crippen molar-refractivity contribution < 1.29 is 8.78 Å². The highest BCUT2D eigenvalue weighted by Crippen LogP contribution is 2.09. The van der Waals surface area contributed by atoms with Gasteiger partial charge in [-0.05, 0) is 25.1 Å². The van der Waals surface area contributed by atoms with Crippen LogP contribution in [0.3, 0.4) is 0 Å². The Hall–Kier alpha value is -1.47. The van der Waals surface area contributed by atoms with E-state index in [9.17, 15) is 8.78 Å². The Morgan fingerprint density at radius 1 is 1.47 bits per heavy atom. The first-order chi connectivity index (χ1) is 7.13. The van der Waals surface area contributed by atoms with Crippen LogP contribution >= 0.6 is 0 Å². The van der Waals surface area contributed by atoms with Crippen molar-refractivity contribution in [2.24, 2.45) is 0 Å². The average molecular weight is 210 g/mol. The number of nitrogens with zero attached hydrogens (tertiary/aromatic N) is 1. The van der Waals surface area contributed by atoms with Crippen LogP contribution in [0.15, 0.2) is 18.2 Å². The molecule has 80 valence electrons. The summed E-state index contributed by atoms with van der Waals surface area (Å²) in [6, 6.07) is 5.30. The van der Waals surface area contributed by atoms with Crippen LogP contribution in [0.25, 0.3) is 0 Å². The standard InChI is InChI=1S/C11H12F2N2/c1-8(4-5-14)15-7-9-6-10(12)2-3-11(9)13/h2-3,6,8,15H,4,7H2,1H3. The minimum absolute atomic E-state index is 0.0299. The highest BCUT2D eigenvalue weighted by Gasteiger charge is 2.05. The van der Waals surface area contributed by atoms with E-state index in [1.54, 1.807) is 0 Å². The number of halogens is 2. The van der Waals surface area contributed by atoms with Gasteiger partial charge in [0.1, 0.15) is 11.6 Å². The molecular formula is C11H12F2N2. The first-order valence-electron chi connectivity index (χ1n) is 4.67. The molecule has 0 radical (unpaired) electrons. The smallest absolute Gasteiger partial charge is 0.127 e. The number of nitriles is 1. The number of nitrogens with one attached hydrogen (secondary N) is 1. The molecule has 1 aromatic rings. The monoisotopic (exact) mass is 210 g/mol. The molecule has 0 saturated carbocycles. The van der Waals surface area contributed by atoms with Gasteiger partial charge in [-0.1, -0.05) is 0 Å². The van der Waals surface area contributed by atoms with Crippen LogP contribution in [-0.4, -0.2) is 6.04 Å². The predicted molar refractivity (Wildman–Crippen MR) is 52.9 cm³/mol. The molecule has 2 nitrogen and oxygen atoms in total. The van der Waals surface area contributed by atoms with E-state index in [1.165, 1.54) is 0 Å². The maximum atomic E-state index is 13.1. The molecule has 1 N–H and O–H groups in total. The van der Waals surface area contributed by atoms with Crippen molar-refractivity contribution in [1.82, 2.24) is 5.32 Å². The molecule has 1 rings (SSSR count). The van der Waals surface area contributed by atoms with Crippen LogP contribution in [0, 0.1) is 23.0 Å². The van der Waals surface area contributed by atoms with Crippen molar-refractivity contribution in [3.05, 3.63) is 35.4 Å². The van der Waals surface area contributed by atoms with Crippen LogP contribution in [0.5, 0.6) is 0 Å². The van der Waals surface area contributed by atoms with E-state index < -0.39 is 11.6 Å². The Balaban J connectivity index is 2.57. The summed E-state index contributed by atoms with van der Waals surface area (Å²) in [7, 11) is 0. The summed E-state index contributed by atoms with van der Waals surface area (Å²) in [5.41, 5.74) is 0.278. The molecule has 0 spiro atoms. The number of hydrogen-bond acceptors (Lipinski definition) is 2. The molecule has 0 bridgehead atoms. The van der Waals surface area contributed by atoms with Crippen LogP contribution in [0.1, 0.15) is 18.9 Å². The Morgan fingerprint density at radius 3 is 2.87 bits per heavy atom. The van der Waals surface area contributed by atoms with Crippen molar-refractivity contribution in [2.45, 2.75) is 25.9 Å². The van der Waals surface area contributed by atoms with Gasteiger partial charge < -0.3 is 5.32 Å². The number of rotatable bonds is 4. The van der Waals surface area contributed by atoms with Gasteiger partial charge in [0.25, 0.3) is 0 Å². The van der Waals surface area contributed by atoms with E-state index in [0.29, 0.717) is 6.42 Å². The first-order valence-corrected chi connectivity index (χ1v) is 4.67. The molecule has 0 aliphatic rings. The molecule has 1 unspecified atom stereocenters. The van der Waals surface area contributed by atoms with E-state index in [2.05, 4.69) is 5.32 Å². The van der Waals surface area contributed by atoms with Gasteiger partial charge in [-0.15, -0.1) is 0 Å². The fourth-order valence-electron chi connectivity index (χ4n) is 1.17. The molecule has 15 heavy (non-hydrogen) atoms. The maximum absolute atomic E-state index is 13.1. The summed E-state index contributed by atoms with van der Waals surface area (Å²) in [6.45, 7) is 2.05. The zero-order chi connectivity index (χ0) is 11.3. The second-order valence-corrected chi connectivity index (χ2v) is 3.38. The van der Waals surface area contributed by atoms with Crippen molar-refractivity contribution >= 4 is 0 Å². The van der Waals surface area contributed by atoms with Gasteiger partial charge in [-0.2, -0.15) is 5.26 Å². The lowest BCUT2D eigenvalue weighted by Crippen LogP contribution is -2.25. The Bertz CT molecular complexity index is 371. The summed E-state index contributed by atoms with van der Waals surface area (Å²) in [4.78, 5) is 0. The molecule has 4 heteroatoms. The minimum Gasteiger partial charge on any atom is -0.309 e. The molecule has 0 aliphatic carbocycles. The van der Waals surface area contributed by atoms with E-state index in [1.807, 2.05) is 13.0 Å². The van der Waals surface area contributed by atoms with Crippen molar-refractivity contribution in [2.75, 3.05) is 0 Å². The van der Waals surface area contributed by atoms with E-state index in [-0.39, 0.29) is 18.2 Å². The second kappa shape index (κ2) is 5.42. The lowest BCUT2D eigenvalue weighted by atomic mass is 10.2. The average Bonchev–Trinajstić information content (AvgIpc) is 2.20. The van der Waals surface area contributed by atoms with E-state index in [4.69, 9.17) is 5.26 Å². The molecule has 1 aromatic carbocycles. The molecule has 0 fully saturated rings. The highest BCUT2D eigenvalue weighted by molar-refractivity contribution is 5.18. The third kappa shape index (κ3) is 3.64. The van der Waals surface area contributed by atoms with Gasteiger partial charge in [0.05, 0.1) is 12.5 Å². The Labute approximate surface area is 87.5 Å². The number of hydrogen-bond donors (Lipinski definition) is 1. The zero-order valence-electron chi connectivity index (χ0n) is 8.43. The summed E-state index contributed by atoms with van der Waals surface area (Å²) in [5, 5.41) is 11.3. The van der Waals surface area contributed by atoms with Crippen molar-refractivity contribution in [3.63, 3.8) is 0 Å². The zero-order valence-corrected chi connectivity index (χ0v) is 8.43. The van der Waals surface area contributed by atoms with Crippen LogP contribution in [0.4, 0.5) is 8.78 Å². The Morgan fingerprint density at radius 2 is 2.20 bits per heavy atom. The lowest BCUT2D eigenvalue weighted by molar-refractivity contribution is 0.527. The Kier molecular flexibility index (Phi) is 4.19. The van der Waals surface area contributed by atoms with Crippen molar-refractivity contribution in [1.29, 1.82) is 5.26 Å². The molecule has 0 aromatic heterocycles. The van der Waals surface area contributed by atoms with Gasteiger partial charge in [0, 0.05) is 18.2 Å². The summed E-state index contributed by atoms with van der Waals surface area (Å²) in [6.07, 6.45) is 0.344. The predicted octanol–water partition coefficient (Wildman–Crippen LogP) is 2.36. The fourth-order valence-corrected chi connectivity index (χ4v) is 1.17. The van der Waals surface area contributed by atoms with Crippen molar-refractivity contribution in [3.8, 4) is 6.07 Å². The van der Waals surface area contributed by atoms with Crippen LogP contribution < -0.4 is 5.32 Å². The first kappa shape index (κ1) is 11.6. The van der Waals surface area contributed by atoms with Gasteiger partial charge in [0.2, 0.25) is 0 Å².